The zero-order valence-corrected chi connectivity index (χ0v) is 27.6. The first-order chi connectivity index (χ1) is 23.4. The molecule has 0 fully saturated rings. The Morgan fingerprint density at radius 1 is 1.02 bits per heavy atom. The average Bonchev–Trinajstić information content (AvgIpc) is 3.62. The first-order valence-electron chi connectivity index (χ1n) is 15.3. The smallest absolute Gasteiger partial charge is 0.321 e. The summed E-state index contributed by atoms with van der Waals surface area (Å²) >= 11 is 8.16. The summed E-state index contributed by atoms with van der Waals surface area (Å²) in [5.41, 5.74) is 6.09. The van der Waals surface area contributed by atoms with Crippen molar-refractivity contribution in [1.29, 1.82) is 5.26 Å². The molecule has 4 aromatic carbocycles. The van der Waals surface area contributed by atoms with Crippen molar-refractivity contribution in [3.8, 4) is 40.2 Å². The number of carbonyl (C=O) groups is 1. The van der Waals surface area contributed by atoms with Crippen LogP contribution in [0, 0.1) is 18.3 Å². The topological polar surface area (TPSA) is 123 Å². The molecule has 1 aromatic heterocycles. The Kier molecular flexibility index (Phi) is 10.4. The predicted octanol–water partition coefficient (Wildman–Crippen LogP) is 7.36. The van der Waals surface area contributed by atoms with Crippen LogP contribution < -0.4 is 24.3 Å². The number of aliphatic carboxylic acids is 1. The van der Waals surface area contributed by atoms with Crippen LogP contribution >= 0.6 is 22.9 Å². The number of rotatable bonds is 13. The van der Waals surface area contributed by atoms with Gasteiger partial charge in [-0.15, -0.1) is 11.3 Å². The number of ether oxygens (including phenoxy) is 4. The number of nitrogens with one attached hydrogen (secondary N) is 1. The van der Waals surface area contributed by atoms with Gasteiger partial charge in [0, 0.05) is 36.2 Å². The van der Waals surface area contributed by atoms with Crippen molar-refractivity contribution in [3.63, 3.8) is 0 Å². The summed E-state index contributed by atoms with van der Waals surface area (Å²) in [4.78, 5) is 16.3. The Morgan fingerprint density at radius 3 is 2.62 bits per heavy atom. The maximum Gasteiger partial charge on any atom is 0.321 e. The fourth-order valence-electron chi connectivity index (χ4n) is 5.38. The van der Waals surface area contributed by atoms with Crippen LogP contribution in [0.4, 0.5) is 0 Å². The molecule has 6 rings (SSSR count). The normalized spacial score (nSPS) is 12.6. The summed E-state index contributed by atoms with van der Waals surface area (Å²) in [6.07, 6.45) is 1.89. The third kappa shape index (κ3) is 7.89. The number of benzene rings is 4. The number of nitriles is 1. The summed E-state index contributed by atoms with van der Waals surface area (Å²) in [7, 11) is 0. The van der Waals surface area contributed by atoms with Gasteiger partial charge in [-0.1, -0.05) is 48.0 Å². The number of hydrogen-bond acceptors (Lipinski definition) is 9. The van der Waals surface area contributed by atoms with Gasteiger partial charge in [-0.3, -0.25) is 10.1 Å². The summed E-state index contributed by atoms with van der Waals surface area (Å²) in [6.45, 7) is 3.71. The highest BCUT2D eigenvalue weighted by molar-refractivity contribution is 7.09. The van der Waals surface area contributed by atoms with Gasteiger partial charge in [0.15, 0.2) is 11.5 Å². The van der Waals surface area contributed by atoms with Crippen LogP contribution in [0.2, 0.25) is 5.02 Å². The van der Waals surface area contributed by atoms with E-state index in [4.69, 9.17) is 30.5 Å². The zero-order valence-electron chi connectivity index (χ0n) is 26.1. The molecule has 5 aromatic rings. The molecule has 1 aliphatic rings. The van der Waals surface area contributed by atoms with Gasteiger partial charge in [0.1, 0.15) is 44.0 Å². The van der Waals surface area contributed by atoms with E-state index in [1.165, 1.54) is 11.3 Å². The Bertz CT molecular complexity index is 1960. The molecule has 1 aliphatic heterocycles. The summed E-state index contributed by atoms with van der Waals surface area (Å²) in [6, 6.07) is 23.9. The molecule has 2 heterocycles. The van der Waals surface area contributed by atoms with E-state index < -0.39 is 12.0 Å². The fraction of sp³-hybridized carbons (Fsp3) is 0.216. The monoisotopic (exact) mass is 681 g/mol. The third-order valence-electron chi connectivity index (χ3n) is 7.95. The van der Waals surface area contributed by atoms with Gasteiger partial charge in [-0.05, 0) is 65.1 Å². The second kappa shape index (κ2) is 15.2. The minimum Gasteiger partial charge on any atom is -0.488 e. The summed E-state index contributed by atoms with van der Waals surface area (Å²) in [5.74, 6) is 1.38. The Hall–Kier alpha value is -5.08. The van der Waals surface area contributed by atoms with E-state index in [2.05, 4.69) is 29.4 Å². The molecule has 0 radical (unpaired) electrons. The Morgan fingerprint density at radius 2 is 1.83 bits per heavy atom. The minimum atomic E-state index is -0.985. The van der Waals surface area contributed by atoms with E-state index in [0.717, 1.165) is 44.3 Å². The highest BCUT2D eigenvalue weighted by atomic mass is 35.5. The lowest BCUT2D eigenvalue weighted by atomic mass is 9.96. The molecular weight excluding hydrogens is 650 g/mol. The fourth-order valence-corrected chi connectivity index (χ4v) is 6.28. The number of nitrogens with zero attached hydrogens (tertiary/aromatic N) is 2. The average molecular weight is 682 g/mol. The zero-order chi connectivity index (χ0) is 33.5. The number of halogens is 1. The van der Waals surface area contributed by atoms with Crippen molar-refractivity contribution >= 4 is 28.9 Å². The second-order valence-electron chi connectivity index (χ2n) is 11.1. The van der Waals surface area contributed by atoms with E-state index in [1.807, 2.05) is 41.8 Å². The quantitative estimate of drug-likeness (QED) is 0.131. The van der Waals surface area contributed by atoms with Crippen molar-refractivity contribution in [2.24, 2.45) is 0 Å². The molecule has 0 amide bonds. The van der Waals surface area contributed by atoms with Gasteiger partial charge in [0.05, 0.1) is 21.7 Å². The van der Waals surface area contributed by atoms with E-state index in [9.17, 15) is 15.2 Å². The predicted molar refractivity (Wildman–Crippen MR) is 183 cm³/mol. The molecule has 0 spiro atoms. The van der Waals surface area contributed by atoms with Crippen molar-refractivity contribution in [2.75, 3.05) is 13.2 Å². The standard InChI is InChI=1S/C37H32ClN3O6S/c1-23-27(6-3-7-29(23)26-8-9-32-35(16-26)45-12-11-44-32)22-47-34-18-33(46-21-25-5-2-4-24(14-25)19-39)28(15-30(34)38)20-41-31(37(42)43)17-36-40-10-13-48-36/h2-10,13-16,18,31,41H,11-12,17,20-22H2,1H3,(H,42,43). The maximum absolute atomic E-state index is 12.0. The Labute approximate surface area is 287 Å². The molecule has 11 heteroatoms. The molecule has 1 atom stereocenters. The maximum atomic E-state index is 12.0. The van der Waals surface area contributed by atoms with Gasteiger partial charge in [0.2, 0.25) is 0 Å². The summed E-state index contributed by atoms with van der Waals surface area (Å²) < 4.78 is 24.0. The van der Waals surface area contributed by atoms with Crippen molar-refractivity contribution in [3.05, 3.63) is 122 Å². The van der Waals surface area contributed by atoms with E-state index >= 15 is 0 Å². The van der Waals surface area contributed by atoms with Crippen LogP contribution in [0.3, 0.4) is 0 Å². The van der Waals surface area contributed by atoms with Crippen molar-refractivity contribution in [1.82, 2.24) is 10.3 Å². The van der Waals surface area contributed by atoms with Crippen molar-refractivity contribution in [2.45, 2.75) is 39.1 Å². The van der Waals surface area contributed by atoms with Crippen LogP contribution in [0.15, 0.2) is 84.4 Å². The third-order valence-corrected chi connectivity index (χ3v) is 9.04. The van der Waals surface area contributed by atoms with E-state index in [0.29, 0.717) is 40.9 Å². The SMILES string of the molecule is Cc1c(COc2cc(OCc3cccc(C#N)c3)c(CNC(Cc3nccs3)C(=O)O)cc2Cl)cccc1-c1ccc2c(c1)OCCO2. The van der Waals surface area contributed by atoms with Gasteiger partial charge >= 0.3 is 5.97 Å². The molecule has 48 heavy (non-hydrogen) atoms. The van der Waals surface area contributed by atoms with Crippen LogP contribution in [0.5, 0.6) is 23.0 Å². The first-order valence-corrected chi connectivity index (χ1v) is 16.5. The number of thiazole rings is 1. The van der Waals surface area contributed by atoms with Crippen LogP contribution in [0.1, 0.15) is 32.8 Å². The van der Waals surface area contributed by atoms with Gasteiger partial charge < -0.3 is 24.1 Å². The minimum absolute atomic E-state index is 0.173. The van der Waals surface area contributed by atoms with Gasteiger partial charge in [-0.2, -0.15) is 5.26 Å². The molecule has 2 N–H and O–H groups in total. The molecule has 1 unspecified atom stereocenters. The lowest BCUT2D eigenvalue weighted by molar-refractivity contribution is -0.139. The van der Waals surface area contributed by atoms with E-state index in [1.54, 1.807) is 36.5 Å². The largest absolute Gasteiger partial charge is 0.488 e. The first kappa shape index (κ1) is 32.8. The summed E-state index contributed by atoms with van der Waals surface area (Å²) in [5, 5.41) is 25.2. The highest BCUT2D eigenvalue weighted by Crippen LogP contribution is 2.37. The lowest BCUT2D eigenvalue weighted by Gasteiger charge is -2.20. The van der Waals surface area contributed by atoms with E-state index in [-0.39, 0.29) is 26.2 Å². The van der Waals surface area contributed by atoms with Crippen molar-refractivity contribution < 1.29 is 28.8 Å². The number of hydrogen-bond donors (Lipinski definition) is 2. The molecule has 0 aliphatic carbocycles. The van der Waals surface area contributed by atoms with Gasteiger partial charge in [0.25, 0.3) is 0 Å². The second-order valence-corrected chi connectivity index (χ2v) is 12.5. The van der Waals surface area contributed by atoms with Crippen LogP contribution in [-0.2, 0) is 31.0 Å². The number of carboxylic acids is 1. The molecule has 0 saturated carbocycles. The molecular formula is C37H32ClN3O6S. The van der Waals surface area contributed by atoms with Crippen LogP contribution in [0.25, 0.3) is 11.1 Å². The van der Waals surface area contributed by atoms with Gasteiger partial charge in [-0.25, -0.2) is 4.98 Å². The number of carboxylic acid groups (broad SMARTS) is 1. The molecule has 0 bridgehead atoms. The van der Waals surface area contributed by atoms with Crippen LogP contribution in [-0.4, -0.2) is 35.3 Å². The Balaban J connectivity index is 1.23. The number of aromatic nitrogens is 1. The molecule has 9 nitrogen and oxygen atoms in total. The molecule has 0 saturated heterocycles. The number of fused-ring (bicyclic) bond motifs is 1. The lowest BCUT2D eigenvalue weighted by Crippen LogP contribution is -2.38. The highest BCUT2D eigenvalue weighted by Gasteiger charge is 2.21. The molecule has 244 valence electrons.